The molecular weight excluding hydrogens is 478 g/mol. The van der Waals surface area contributed by atoms with Crippen molar-refractivity contribution in [2.45, 2.75) is 19.3 Å². The molecule has 0 radical (unpaired) electrons. The molecule has 0 atom stereocenters. The van der Waals surface area contributed by atoms with E-state index >= 15 is 0 Å². The van der Waals surface area contributed by atoms with Gasteiger partial charge in [0.15, 0.2) is 0 Å². The third-order valence-electron chi connectivity index (χ3n) is 6.82. The average Bonchev–Trinajstić information content (AvgIpc) is 3.54. The Kier molecular flexibility index (Phi) is 5.69. The van der Waals surface area contributed by atoms with E-state index in [1.807, 2.05) is 19.4 Å². The lowest BCUT2D eigenvalue weighted by atomic mass is 9.94. The Morgan fingerprint density at radius 1 is 1.19 bits per heavy atom. The number of likely N-dealkylation sites (tertiary alicyclic amines) is 1. The Labute approximate surface area is 210 Å². The molecule has 3 N–H and O–H groups in total. The Morgan fingerprint density at radius 3 is 2.81 bits per heavy atom. The highest BCUT2D eigenvalue weighted by Gasteiger charge is 2.19. The van der Waals surface area contributed by atoms with Gasteiger partial charge in [-0.15, -0.1) is 11.3 Å². The zero-order chi connectivity index (χ0) is 24.8. The number of pyridine rings is 2. The smallest absolute Gasteiger partial charge is 0.319 e. The number of H-pyrrole nitrogens is 1. The molecule has 6 heterocycles. The van der Waals surface area contributed by atoms with Crippen molar-refractivity contribution in [2.24, 2.45) is 13.0 Å². The van der Waals surface area contributed by atoms with Gasteiger partial charge in [0.25, 0.3) is 5.56 Å². The summed E-state index contributed by atoms with van der Waals surface area (Å²) >= 11 is 1.48. The van der Waals surface area contributed by atoms with E-state index in [1.54, 1.807) is 27.7 Å². The molecule has 2 amide bonds. The summed E-state index contributed by atoms with van der Waals surface area (Å²) in [4.78, 5) is 36.9. The van der Waals surface area contributed by atoms with E-state index in [-0.39, 0.29) is 11.6 Å². The fraction of sp³-hybridized carbons (Fsp3) is 0.375. The molecule has 11 nitrogen and oxygen atoms in total. The largest absolute Gasteiger partial charge is 0.338 e. The fourth-order valence-corrected chi connectivity index (χ4v) is 5.88. The Hall–Kier alpha value is -3.77. The number of fused-ring (bicyclic) bond motifs is 5. The third kappa shape index (κ3) is 4.22. The van der Waals surface area contributed by atoms with Crippen LogP contribution in [0.5, 0.6) is 0 Å². The monoisotopic (exact) mass is 505 g/mol. The normalized spacial score (nSPS) is 15.3. The highest BCUT2D eigenvalue weighted by atomic mass is 32.1. The van der Waals surface area contributed by atoms with Gasteiger partial charge in [-0.1, -0.05) is 0 Å². The van der Waals surface area contributed by atoms with Crippen LogP contribution < -0.4 is 16.2 Å². The number of aromatic amines is 1. The SMILES string of the molecule is CN1CCC(CCNC(=O)Nc2cnc3c(c2)[nH]c(=O)c2c3nn3cc(-c4cnn(C)c4)sc23)CC1. The van der Waals surface area contributed by atoms with Gasteiger partial charge in [0.2, 0.25) is 0 Å². The number of urea groups is 1. The first-order valence-electron chi connectivity index (χ1n) is 12.0. The van der Waals surface area contributed by atoms with Gasteiger partial charge in [-0.2, -0.15) is 10.2 Å². The Bertz CT molecular complexity index is 1640. The van der Waals surface area contributed by atoms with Gasteiger partial charge in [-0.3, -0.25) is 14.5 Å². The number of nitrogens with one attached hydrogen (secondary N) is 3. The molecule has 0 aromatic carbocycles. The summed E-state index contributed by atoms with van der Waals surface area (Å²) < 4.78 is 3.46. The van der Waals surface area contributed by atoms with Gasteiger partial charge >= 0.3 is 6.03 Å². The fourth-order valence-electron chi connectivity index (χ4n) is 4.82. The first-order chi connectivity index (χ1) is 17.4. The minimum absolute atomic E-state index is 0.242. The standard InChI is InChI=1S/C24H27N9O2S/c1-31-7-4-14(5-8-31)3-6-25-24(35)28-16-9-17-20(26-11-16)21-19(22(34)29-17)23-33(30-21)13-18(36-23)15-10-27-32(2)12-15/h9-14H,3-8H2,1-2H3,(H,29,34)(H2,25,28,35). The summed E-state index contributed by atoms with van der Waals surface area (Å²) in [5.74, 6) is 0.654. The number of hydrogen-bond acceptors (Lipinski definition) is 7. The molecule has 0 unspecified atom stereocenters. The maximum Gasteiger partial charge on any atom is 0.319 e. The number of aryl methyl sites for hydroxylation is 1. The van der Waals surface area contributed by atoms with Crippen LogP contribution in [-0.4, -0.2) is 67.0 Å². The van der Waals surface area contributed by atoms with E-state index in [9.17, 15) is 9.59 Å². The number of nitrogens with zero attached hydrogens (tertiary/aromatic N) is 6. The van der Waals surface area contributed by atoms with Crippen molar-refractivity contribution in [3.8, 4) is 10.4 Å². The molecule has 5 aromatic rings. The molecule has 12 heteroatoms. The lowest BCUT2D eigenvalue weighted by Gasteiger charge is -2.28. The van der Waals surface area contributed by atoms with Gasteiger partial charge in [0.1, 0.15) is 21.3 Å². The molecule has 1 aliphatic heterocycles. The summed E-state index contributed by atoms with van der Waals surface area (Å²) in [6, 6.07) is 1.44. The highest BCUT2D eigenvalue weighted by molar-refractivity contribution is 7.21. The molecular formula is C24H27N9O2S. The molecule has 0 spiro atoms. The van der Waals surface area contributed by atoms with Crippen LogP contribution in [0, 0.1) is 5.92 Å². The first-order valence-corrected chi connectivity index (χ1v) is 12.8. The van der Waals surface area contributed by atoms with Crippen LogP contribution in [-0.2, 0) is 7.05 Å². The van der Waals surface area contributed by atoms with Crippen LogP contribution in [0.15, 0.2) is 35.6 Å². The van der Waals surface area contributed by atoms with Gasteiger partial charge in [0.05, 0.1) is 28.5 Å². The van der Waals surface area contributed by atoms with Crippen LogP contribution in [0.1, 0.15) is 19.3 Å². The van der Waals surface area contributed by atoms with Crippen LogP contribution in [0.4, 0.5) is 10.5 Å². The van der Waals surface area contributed by atoms with Crippen molar-refractivity contribution in [1.82, 2.24) is 39.6 Å². The van der Waals surface area contributed by atoms with Crippen LogP contribution in [0.3, 0.4) is 0 Å². The number of carbonyl (C=O) groups is 1. The lowest BCUT2D eigenvalue weighted by Crippen LogP contribution is -2.34. The van der Waals surface area contributed by atoms with Crippen molar-refractivity contribution in [1.29, 1.82) is 0 Å². The van der Waals surface area contributed by atoms with E-state index in [2.05, 4.69) is 42.7 Å². The van der Waals surface area contributed by atoms with Crippen molar-refractivity contribution < 1.29 is 4.79 Å². The predicted molar refractivity (Wildman–Crippen MR) is 141 cm³/mol. The number of rotatable bonds is 5. The number of amides is 2. The zero-order valence-electron chi connectivity index (χ0n) is 20.1. The van der Waals surface area contributed by atoms with E-state index in [0.717, 1.165) is 34.8 Å². The second-order valence-corrected chi connectivity index (χ2v) is 10.5. The molecule has 0 aliphatic carbocycles. The summed E-state index contributed by atoms with van der Waals surface area (Å²) in [5.41, 5.74) is 2.87. The summed E-state index contributed by atoms with van der Waals surface area (Å²) in [7, 11) is 4.01. The minimum Gasteiger partial charge on any atom is -0.338 e. The second-order valence-electron chi connectivity index (χ2n) is 9.46. The summed E-state index contributed by atoms with van der Waals surface area (Å²) in [6.45, 7) is 2.86. The minimum atomic E-state index is -0.280. The topological polar surface area (TPSA) is 125 Å². The second kappa shape index (κ2) is 9.03. The van der Waals surface area contributed by atoms with E-state index in [0.29, 0.717) is 40.1 Å². The molecule has 0 bridgehead atoms. The van der Waals surface area contributed by atoms with E-state index < -0.39 is 0 Å². The molecule has 1 saturated heterocycles. The summed E-state index contributed by atoms with van der Waals surface area (Å²) in [5, 5.41) is 15.1. The molecule has 1 fully saturated rings. The van der Waals surface area contributed by atoms with Crippen LogP contribution in [0.25, 0.3) is 37.2 Å². The zero-order valence-corrected chi connectivity index (χ0v) is 20.9. The molecule has 186 valence electrons. The molecule has 5 aromatic heterocycles. The Balaban J connectivity index is 1.20. The first kappa shape index (κ1) is 22.7. The number of aromatic nitrogens is 6. The van der Waals surface area contributed by atoms with Gasteiger partial charge in [-0.05, 0) is 51.4 Å². The molecule has 1 aliphatic rings. The highest BCUT2D eigenvalue weighted by Crippen LogP contribution is 2.33. The quantitative estimate of drug-likeness (QED) is 0.337. The van der Waals surface area contributed by atoms with Crippen molar-refractivity contribution in [3.63, 3.8) is 0 Å². The van der Waals surface area contributed by atoms with Crippen molar-refractivity contribution >= 4 is 49.8 Å². The molecule has 0 saturated carbocycles. The number of anilines is 1. The van der Waals surface area contributed by atoms with Gasteiger partial charge in [0, 0.05) is 31.5 Å². The van der Waals surface area contributed by atoms with Crippen LogP contribution >= 0.6 is 11.3 Å². The molecule has 36 heavy (non-hydrogen) atoms. The maximum absolute atomic E-state index is 13.0. The average molecular weight is 506 g/mol. The predicted octanol–water partition coefficient (Wildman–Crippen LogP) is 3.04. The van der Waals surface area contributed by atoms with Gasteiger partial charge in [-0.25, -0.2) is 9.31 Å². The van der Waals surface area contributed by atoms with Crippen LogP contribution in [0.2, 0.25) is 0 Å². The number of carbonyl (C=O) groups excluding carboxylic acids is 1. The number of piperidine rings is 1. The van der Waals surface area contributed by atoms with Crippen molar-refractivity contribution in [3.05, 3.63) is 41.2 Å². The summed E-state index contributed by atoms with van der Waals surface area (Å²) in [6.07, 6.45) is 10.5. The number of thiazole rings is 1. The van der Waals surface area contributed by atoms with Gasteiger partial charge < -0.3 is 20.5 Å². The third-order valence-corrected chi connectivity index (χ3v) is 7.97. The number of hydrogen-bond donors (Lipinski definition) is 3. The van der Waals surface area contributed by atoms with Crippen molar-refractivity contribution in [2.75, 3.05) is 32.0 Å². The van der Waals surface area contributed by atoms with E-state index in [4.69, 9.17) is 0 Å². The molecule has 6 rings (SSSR count). The Morgan fingerprint density at radius 2 is 2.03 bits per heavy atom. The maximum atomic E-state index is 13.0. The van der Waals surface area contributed by atoms with E-state index in [1.165, 1.54) is 24.2 Å². The lowest BCUT2D eigenvalue weighted by molar-refractivity contribution is 0.211.